The third-order valence-electron chi connectivity index (χ3n) is 3.63. The molecule has 0 bridgehead atoms. The first kappa shape index (κ1) is 13.5. The van der Waals surface area contributed by atoms with Crippen LogP contribution in [-0.2, 0) is 0 Å². The van der Waals surface area contributed by atoms with Gasteiger partial charge in [-0.25, -0.2) is 0 Å². The number of halogens is 1. The van der Waals surface area contributed by atoms with E-state index in [9.17, 15) is 0 Å². The number of rotatable bonds is 2. The minimum Gasteiger partial charge on any atom is -0.485 e. The highest BCUT2D eigenvalue weighted by Gasteiger charge is 2.28. The Bertz CT molecular complexity index is 623. The van der Waals surface area contributed by atoms with Gasteiger partial charge in [0.25, 0.3) is 0 Å². The lowest BCUT2D eigenvalue weighted by Gasteiger charge is -2.29. The van der Waals surface area contributed by atoms with E-state index in [-0.39, 0.29) is 12.1 Å². The smallest absolute Gasteiger partial charge is 0.129 e. The van der Waals surface area contributed by atoms with Crippen molar-refractivity contribution in [2.75, 3.05) is 0 Å². The normalized spacial score (nSPS) is 21.6. The largest absolute Gasteiger partial charge is 0.485 e. The molecule has 1 aliphatic heterocycles. The predicted molar refractivity (Wildman–Crippen MR) is 79.0 cm³/mol. The first-order valence-corrected chi connectivity index (χ1v) is 7.18. The lowest BCUT2D eigenvalue weighted by atomic mass is 9.95. The molecule has 1 aromatic heterocycles. The van der Waals surface area contributed by atoms with Crippen LogP contribution in [0.5, 0.6) is 5.75 Å². The van der Waals surface area contributed by atoms with Crippen molar-refractivity contribution in [1.82, 2.24) is 9.78 Å². The van der Waals surface area contributed by atoms with Crippen LogP contribution in [0.2, 0.25) is 5.02 Å². The maximum absolute atomic E-state index is 6.24. The molecule has 0 amide bonds. The second-order valence-electron chi connectivity index (χ2n) is 5.48. The van der Waals surface area contributed by atoms with Crippen LogP contribution in [0.25, 0.3) is 0 Å². The zero-order valence-electron chi connectivity index (χ0n) is 11.6. The van der Waals surface area contributed by atoms with Gasteiger partial charge in [-0.2, -0.15) is 5.10 Å². The fourth-order valence-corrected chi connectivity index (χ4v) is 2.66. The van der Waals surface area contributed by atoms with Crippen molar-refractivity contribution in [3.8, 4) is 5.75 Å². The van der Waals surface area contributed by atoms with Crippen molar-refractivity contribution in [3.05, 3.63) is 46.7 Å². The SMILES string of the molecule is CC(C)n1cc(C2C[C@H](N)c3cc(Cl)ccc3O2)cn1. The van der Waals surface area contributed by atoms with Crippen molar-refractivity contribution in [3.63, 3.8) is 0 Å². The van der Waals surface area contributed by atoms with Crippen molar-refractivity contribution < 1.29 is 4.74 Å². The molecule has 2 N–H and O–H groups in total. The Kier molecular flexibility index (Phi) is 3.44. The molecule has 0 fully saturated rings. The van der Waals surface area contributed by atoms with Crippen LogP contribution in [0.1, 0.15) is 49.6 Å². The summed E-state index contributed by atoms with van der Waals surface area (Å²) in [7, 11) is 0. The molecule has 0 aliphatic carbocycles. The average molecular weight is 292 g/mol. The molecule has 2 heterocycles. The van der Waals surface area contributed by atoms with Gasteiger partial charge < -0.3 is 10.5 Å². The van der Waals surface area contributed by atoms with E-state index in [1.807, 2.05) is 35.3 Å². The van der Waals surface area contributed by atoms with E-state index in [2.05, 4.69) is 18.9 Å². The molecule has 3 rings (SSSR count). The van der Waals surface area contributed by atoms with Crippen molar-refractivity contribution in [2.45, 2.75) is 38.5 Å². The third-order valence-corrected chi connectivity index (χ3v) is 3.87. The number of aromatic nitrogens is 2. The van der Waals surface area contributed by atoms with Crippen LogP contribution >= 0.6 is 11.6 Å². The van der Waals surface area contributed by atoms with Crippen LogP contribution in [0, 0.1) is 0 Å². The van der Waals surface area contributed by atoms with Crippen LogP contribution < -0.4 is 10.5 Å². The van der Waals surface area contributed by atoms with Gasteiger partial charge in [-0.05, 0) is 32.0 Å². The van der Waals surface area contributed by atoms with E-state index in [0.717, 1.165) is 23.3 Å². The van der Waals surface area contributed by atoms with E-state index in [1.54, 1.807) is 0 Å². The van der Waals surface area contributed by atoms with Crippen molar-refractivity contribution in [1.29, 1.82) is 0 Å². The van der Waals surface area contributed by atoms with Gasteiger partial charge in [0.05, 0.1) is 6.20 Å². The Balaban J connectivity index is 1.88. The topological polar surface area (TPSA) is 53.1 Å². The average Bonchev–Trinajstić information content (AvgIpc) is 2.89. The molecule has 2 atom stereocenters. The zero-order chi connectivity index (χ0) is 14.3. The lowest BCUT2D eigenvalue weighted by Crippen LogP contribution is -2.23. The molecular formula is C15H18ClN3O. The molecule has 2 aromatic rings. The van der Waals surface area contributed by atoms with Crippen LogP contribution in [0.15, 0.2) is 30.6 Å². The van der Waals surface area contributed by atoms with E-state index in [1.165, 1.54) is 0 Å². The molecule has 20 heavy (non-hydrogen) atoms. The number of hydrogen-bond donors (Lipinski definition) is 1. The van der Waals surface area contributed by atoms with Crippen molar-refractivity contribution >= 4 is 11.6 Å². The first-order valence-electron chi connectivity index (χ1n) is 6.80. The van der Waals surface area contributed by atoms with Crippen LogP contribution in [-0.4, -0.2) is 9.78 Å². The van der Waals surface area contributed by atoms with Crippen molar-refractivity contribution in [2.24, 2.45) is 5.73 Å². The number of ether oxygens (including phenoxy) is 1. The highest BCUT2D eigenvalue weighted by molar-refractivity contribution is 6.30. The predicted octanol–water partition coefficient (Wildman–Crippen LogP) is 3.64. The summed E-state index contributed by atoms with van der Waals surface area (Å²) in [6.07, 6.45) is 4.57. The van der Waals surface area contributed by atoms with E-state index in [0.29, 0.717) is 11.1 Å². The van der Waals surface area contributed by atoms with Gasteiger partial charge >= 0.3 is 0 Å². The number of nitrogens with two attached hydrogens (primary N) is 1. The Morgan fingerprint density at radius 2 is 2.25 bits per heavy atom. The van der Waals surface area contributed by atoms with Gasteiger partial charge in [-0.3, -0.25) is 4.68 Å². The Hall–Kier alpha value is -1.52. The highest BCUT2D eigenvalue weighted by atomic mass is 35.5. The molecule has 1 unspecified atom stereocenters. The number of nitrogens with zero attached hydrogens (tertiary/aromatic N) is 2. The molecular weight excluding hydrogens is 274 g/mol. The number of hydrogen-bond acceptors (Lipinski definition) is 3. The Labute approximate surface area is 123 Å². The summed E-state index contributed by atoms with van der Waals surface area (Å²) in [6.45, 7) is 4.20. The second kappa shape index (κ2) is 5.11. The maximum Gasteiger partial charge on any atom is 0.129 e. The summed E-state index contributed by atoms with van der Waals surface area (Å²) in [5.41, 5.74) is 8.29. The van der Waals surface area contributed by atoms with Gasteiger partial charge in [0.2, 0.25) is 0 Å². The first-order chi connectivity index (χ1) is 9.54. The van der Waals surface area contributed by atoms with Gasteiger partial charge in [0.1, 0.15) is 11.9 Å². The molecule has 5 heteroatoms. The maximum atomic E-state index is 6.24. The quantitative estimate of drug-likeness (QED) is 0.919. The molecule has 1 aromatic carbocycles. The minimum atomic E-state index is -0.0650. The summed E-state index contributed by atoms with van der Waals surface area (Å²) in [5.74, 6) is 0.815. The zero-order valence-corrected chi connectivity index (χ0v) is 12.3. The van der Waals surface area contributed by atoms with Gasteiger partial charge in [-0.1, -0.05) is 11.6 Å². The standard InChI is InChI=1S/C15H18ClN3O/c1-9(2)19-8-10(7-18-19)15-6-13(17)12-5-11(16)3-4-14(12)20-15/h3-5,7-9,13,15H,6,17H2,1-2H3/t13-,15?/m0/s1. The molecule has 106 valence electrons. The summed E-state index contributed by atoms with van der Waals surface area (Å²) in [6, 6.07) is 5.87. The van der Waals surface area contributed by atoms with Crippen LogP contribution in [0.3, 0.4) is 0 Å². The number of fused-ring (bicyclic) bond motifs is 1. The lowest BCUT2D eigenvalue weighted by molar-refractivity contribution is 0.161. The van der Waals surface area contributed by atoms with Crippen LogP contribution in [0.4, 0.5) is 0 Å². The monoisotopic (exact) mass is 291 g/mol. The fourth-order valence-electron chi connectivity index (χ4n) is 2.48. The van der Waals surface area contributed by atoms with E-state index >= 15 is 0 Å². The van der Waals surface area contributed by atoms with E-state index < -0.39 is 0 Å². The van der Waals surface area contributed by atoms with Gasteiger partial charge in [0, 0.05) is 40.9 Å². The Morgan fingerprint density at radius 3 is 2.95 bits per heavy atom. The summed E-state index contributed by atoms with van der Waals surface area (Å²) in [5, 5.41) is 5.05. The summed E-state index contributed by atoms with van der Waals surface area (Å²) >= 11 is 6.01. The molecule has 0 radical (unpaired) electrons. The summed E-state index contributed by atoms with van der Waals surface area (Å²) < 4.78 is 7.98. The third kappa shape index (κ3) is 2.41. The minimum absolute atomic E-state index is 0.0498. The molecule has 0 saturated carbocycles. The second-order valence-corrected chi connectivity index (χ2v) is 5.91. The highest BCUT2D eigenvalue weighted by Crippen LogP contribution is 2.40. The Morgan fingerprint density at radius 1 is 1.45 bits per heavy atom. The summed E-state index contributed by atoms with van der Waals surface area (Å²) in [4.78, 5) is 0. The molecule has 0 spiro atoms. The van der Waals surface area contributed by atoms with Gasteiger partial charge in [-0.15, -0.1) is 0 Å². The molecule has 1 aliphatic rings. The fraction of sp³-hybridized carbons (Fsp3) is 0.400. The molecule has 0 saturated heterocycles. The van der Waals surface area contributed by atoms with Gasteiger partial charge in [0.15, 0.2) is 0 Å². The van der Waals surface area contributed by atoms with E-state index in [4.69, 9.17) is 22.1 Å². The number of benzene rings is 1. The molecule has 4 nitrogen and oxygen atoms in total.